The Balaban J connectivity index is 1.40. The van der Waals surface area contributed by atoms with Crippen LogP contribution in [0.25, 0.3) is 0 Å². The third-order valence-corrected chi connectivity index (χ3v) is 6.89. The molecule has 1 saturated heterocycles. The van der Waals surface area contributed by atoms with E-state index >= 15 is 0 Å². The van der Waals surface area contributed by atoms with E-state index in [0.29, 0.717) is 11.8 Å². The Labute approximate surface area is 163 Å². The van der Waals surface area contributed by atoms with Gasteiger partial charge in [-0.3, -0.25) is 9.59 Å². The molecule has 0 spiro atoms. The van der Waals surface area contributed by atoms with Crippen molar-refractivity contribution in [2.24, 2.45) is 5.92 Å². The first-order valence-corrected chi connectivity index (χ1v) is 10.7. The molecular formula is C21H27BrN2O2. The zero-order valence-electron chi connectivity index (χ0n) is 15.2. The van der Waals surface area contributed by atoms with Gasteiger partial charge < -0.3 is 10.2 Å². The van der Waals surface area contributed by atoms with Crippen LogP contribution in [0.1, 0.15) is 56.9 Å². The van der Waals surface area contributed by atoms with Gasteiger partial charge in [0.25, 0.3) is 0 Å². The predicted molar refractivity (Wildman–Crippen MR) is 105 cm³/mol. The van der Waals surface area contributed by atoms with E-state index < -0.39 is 0 Å². The van der Waals surface area contributed by atoms with E-state index in [1.807, 2.05) is 17.0 Å². The smallest absolute Gasteiger partial charge is 0.230 e. The van der Waals surface area contributed by atoms with Gasteiger partial charge in [-0.25, -0.2) is 0 Å². The Bertz CT molecular complexity index is 670. The van der Waals surface area contributed by atoms with Crippen LogP contribution in [0.15, 0.2) is 28.7 Å². The minimum absolute atomic E-state index is 0.185. The summed E-state index contributed by atoms with van der Waals surface area (Å²) in [6.45, 7) is 1.57. The molecule has 4 nitrogen and oxygen atoms in total. The Morgan fingerprint density at radius 2 is 1.62 bits per heavy atom. The highest BCUT2D eigenvalue weighted by Gasteiger charge is 2.43. The van der Waals surface area contributed by atoms with Gasteiger partial charge in [0.1, 0.15) is 0 Å². The van der Waals surface area contributed by atoms with E-state index in [-0.39, 0.29) is 17.4 Å². The van der Waals surface area contributed by atoms with Gasteiger partial charge in [0.05, 0.1) is 5.41 Å². The van der Waals surface area contributed by atoms with E-state index in [9.17, 15) is 9.59 Å². The summed E-state index contributed by atoms with van der Waals surface area (Å²) >= 11 is 3.49. The van der Waals surface area contributed by atoms with Crippen molar-refractivity contribution in [3.8, 4) is 0 Å². The molecule has 0 radical (unpaired) electrons. The summed E-state index contributed by atoms with van der Waals surface area (Å²) in [6.07, 6.45) is 7.95. The van der Waals surface area contributed by atoms with E-state index in [4.69, 9.17) is 0 Å². The Kier molecular flexibility index (Phi) is 5.09. The van der Waals surface area contributed by atoms with E-state index in [0.717, 1.165) is 74.5 Å². The van der Waals surface area contributed by atoms with Crippen molar-refractivity contribution >= 4 is 27.7 Å². The maximum Gasteiger partial charge on any atom is 0.230 e. The molecule has 2 saturated carbocycles. The van der Waals surface area contributed by atoms with Crippen LogP contribution in [0.4, 0.5) is 0 Å². The molecule has 0 unspecified atom stereocenters. The molecule has 0 bridgehead atoms. The number of carbonyl (C=O) groups excluding carboxylic acids is 2. The summed E-state index contributed by atoms with van der Waals surface area (Å²) in [5.41, 5.74) is 0.763. The number of benzene rings is 1. The number of carbonyl (C=O) groups is 2. The lowest BCUT2D eigenvalue weighted by molar-refractivity contribution is -0.134. The van der Waals surface area contributed by atoms with Crippen LogP contribution in [0, 0.1) is 5.92 Å². The standard InChI is InChI=1S/C21H27BrN2O2/c22-17-7-5-16(6-8-17)21(11-1-2-12-21)20(26)23-18-9-13-24(14-10-18)19(25)15-3-4-15/h5-8,15,18H,1-4,9-14H2,(H,23,26). The maximum absolute atomic E-state index is 13.3. The first kappa shape index (κ1) is 18.0. The molecule has 2 aliphatic carbocycles. The molecule has 0 atom stereocenters. The van der Waals surface area contributed by atoms with Gasteiger partial charge in [-0.2, -0.15) is 0 Å². The average Bonchev–Trinajstić information content (AvgIpc) is 3.39. The second kappa shape index (κ2) is 7.34. The molecule has 1 aromatic rings. The number of hydrogen-bond donors (Lipinski definition) is 1. The Hall–Kier alpha value is -1.36. The highest BCUT2D eigenvalue weighted by molar-refractivity contribution is 9.10. The van der Waals surface area contributed by atoms with E-state index in [1.165, 1.54) is 0 Å². The van der Waals surface area contributed by atoms with E-state index in [1.54, 1.807) is 0 Å². The molecule has 0 aromatic heterocycles. The molecule has 140 valence electrons. The van der Waals surface area contributed by atoms with Crippen LogP contribution in [0.5, 0.6) is 0 Å². The molecule has 3 aliphatic rings. The molecule has 1 aromatic carbocycles. The lowest BCUT2D eigenvalue weighted by Gasteiger charge is -2.35. The summed E-state index contributed by atoms with van der Waals surface area (Å²) < 4.78 is 1.04. The van der Waals surface area contributed by atoms with Crippen molar-refractivity contribution in [2.45, 2.75) is 62.8 Å². The fourth-order valence-electron chi connectivity index (χ4n) is 4.55. The van der Waals surface area contributed by atoms with Crippen LogP contribution in [0.3, 0.4) is 0 Å². The topological polar surface area (TPSA) is 49.4 Å². The number of nitrogens with zero attached hydrogens (tertiary/aromatic N) is 1. The Morgan fingerprint density at radius 3 is 2.19 bits per heavy atom. The summed E-state index contributed by atoms with van der Waals surface area (Å²) in [5.74, 6) is 0.807. The van der Waals surface area contributed by atoms with Crippen LogP contribution in [-0.2, 0) is 15.0 Å². The molecule has 26 heavy (non-hydrogen) atoms. The molecule has 1 aliphatic heterocycles. The zero-order valence-corrected chi connectivity index (χ0v) is 16.8. The fraction of sp³-hybridized carbons (Fsp3) is 0.619. The highest BCUT2D eigenvalue weighted by atomic mass is 79.9. The molecule has 5 heteroatoms. The fourth-order valence-corrected chi connectivity index (χ4v) is 4.81. The third kappa shape index (κ3) is 3.55. The summed E-state index contributed by atoms with van der Waals surface area (Å²) in [4.78, 5) is 27.4. The first-order chi connectivity index (χ1) is 12.6. The minimum atomic E-state index is -0.373. The molecular weight excluding hydrogens is 392 g/mol. The number of amides is 2. The molecule has 2 amide bonds. The summed E-state index contributed by atoms with van der Waals surface area (Å²) in [7, 11) is 0. The van der Waals surface area contributed by atoms with Crippen molar-refractivity contribution < 1.29 is 9.59 Å². The summed E-state index contributed by atoms with van der Waals surface area (Å²) in [6, 6.07) is 8.44. The lowest BCUT2D eigenvalue weighted by Crippen LogP contribution is -2.51. The quantitative estimate of drug-likeness (QED) is 0.808. The number of halogens is 1. The number of hydrogen-bond acceptors (Lipinski definition) is 2. The molecule has 1 N–H and O–H groups in total. The highest BCUT2D eigenvalue weighted by Crippen LogP contribution is 2.42. The van der Waals surface area contributed by atoms with Gasteiger partial charge >= 0.3 is 0 Å². The van der Waals surface area contributed by atoms with Gasteiger partial charge in [-0.15, -0.1) is 0 Å². The van der Waals surface area contributed by atoms with E-state index in [2.05, 4.69) is 33.4 Å². The Morgan fingerprint density at radius 1 is 1.00 bits per heavy atom. The minimum Gasteiger partial charge on any atom is -0.352 e. The second-order valence-electron chi connectivity index (χ2n) is 8.14. The SMILES string of the molecule is O=C(C1CC1)N1CCC(NC(=O)C2(c3ccc(Br)cc3)CCCC2)CC1. The van der Waals surface area contributed by atoms with Gasteiger partial charge in [0, 0.05) is 29.5 Å². The van der Waals surface area contributed by atoms with Crippen LogP contribution < -0.4 is 5.32 Å². The van der Waals surface area contributed by atoms with Crippen molar-refractivity contribution in [1.82, 2.24) is 10.2 Å². The number of piperidine rings is 1. The number of rotatable bonds is 4. The van der Waals surface area contributed by atoms with Crippen molar-refractivity contribution in [3.63, 3.8) is 0 Å². The van der Waals surface area contributed by atoms with Crippen LogP contribution >= 0.6 is 15.9 Å². The lowest BCUT2D eigenvalue weighted by atomic mass is 9.77. The van der Waals surface area contributed by atoms with Crippen molar-refractivity contribution in [2.75, 3.05) is 13.1 Å². The first-order valence-electron chi connectivity index (χ1n) is 9.94. The van der Waals surface area contributed by atoms with Gasteiger partial charge in [0.15, 0.2) is 0 Å². The van der Waals surface area contributed by atoms with Crippen LogP contribution in [-0.4, -0.2) is 35.8 Å². The predicted octanol–water partition coefficient (Wildman–Crippen LogP) is 3.78. The largest absolute Gasteiger partial charge is 0.352 e. The molecule has 1 heterocycles. The van der Waals surface area contributed by atoms with Crippen LogP contribution in [0.2, 0.25) is 0 Å². The van der Waals surface area contributed by atoms with Crippen molar-refractivity contribution in [3.05, 3.63) is 34.3 Å². The maximum atomic E-state index is 13.3. The zero-order chi connectivity index (χ0) is 18.1. The van der Waals surface area contributed by atoms with Gasteiger partial charge in [0.2, 0.25) is 11.8 Å². The monoisotopic (exact) mass is 418 g/mol. The normalized spacial score (nSPS) is 23.0. The third-order valence-electron chi connectivity index (χ3n) is 6.36. The van der Waals surface area contributed by atoms with Gasteiger partial charge in [-0.1, -0.05) is 40.9 Å². The summed E-state index contributed by atoms with van der Waals surface area (Å²) in [5, 5.41) is 3.33. The number of nitrogens with one attached hydrogen (secondary N) is 1. The molecule has 3 fully saturated rings. The number of likely N-dealkylation sites (tertiary alicyclic amines) is 1. The van der Waals surface area contributed by atoms with Gasteiger partial charge in [-0.05, 0) is 56.2 Å². The average molecular weight is 419 g/mol. The van der Waals surface area contributed by atoms with Crippen molar-refractivity contribution in [1.29, 1.82) is 0 Å². The second-order valence-corrected chi connectivity index (χ2v) is 9.06. The molecule has 4 rings (SSSR count).